The van der Waals surface area contributed by atoms with E-state index in [9.17, 15) is 5.11 Å². The molecular formula is C14H26O2. The molecule has 2 saturated carbocycles. The highest BCUT2D eigenvalue weighted by atomic mass is 16.5. The van der Waals surface area contributed by atoms with Crippen LogP contribution in [0, 0.1) is 17.8 Å². The highest BCUT2D eigenvalue weighted by Gasteiger charge is 2.51. The molecule has 0 amide bonds. The van der Waals surface area contributed by atoms with Gasteiger partial charge in [0.1, 0.15) is 0 Å². The first kappa shape index (κ1) is 12.4. The van der Waals surface area contributed by atoms with Crippen molar-refractivity contribution in [3.8, 4) is 0 Å². The van der Waals surface area contributed by atoms with Crippen molar-refractivity contribution in [1.29, 1.82) is 0 Å². The highest BCUT2D eigenvalue weighted by molar-refractivity contribution is 5.01. The van der Waals surface area contributed by atoms with Crippen molar-refractivity contribution >= 4 is 0 Å². The SMILES string of the molecule is CCC1CCCCC1C(O)(COC)C1CC1. The Balaban J connectivity index is 2.10. The lowest BCUT2D eigenvalue weighted by Crippen LogP contribution is -2.48. The first-order valence-electron chi connectivity index (χ1n) is 6.93. The van der Waals surface area contributed by atoms with Crippen molar-refractivity contribution < 1.29 is 9.84 Å². The van der Waals surface area contributed by atoms with Crippen molar-refractivity contribution in [2.45, 2.75) is 57.5 Å². The zero-order valence-electron chi connectivity index (χ0n) is 10.7. The van der Waals surface area contributed by atoms with Gasteiger partial charge >= 0.3 is 0 Å². The Morgan fingerprint density at radius 1 is 1.19 bits per heavy atom. The smallest absolute Gasteiger partial charge is 0.0938 e. The highest BCUT2D eigenvalue weighted by Crippen LogP contribution is 2.50. The fourth-order valence-corrected chi connectivity index (χ4v) is 3.70. The summed E-state index contributed by atoms with van der Waals surface area (Å²) in [6.07, 6.45) is 8.76. The standard InChI is InChI=1S/C14H26O2/c1-3-11-6-4-5-7-13(11)14(15,10-16-2)12-8-9-12/h11-13,15H,3-10H2,1-2H3. The topological polar surface area (TPSA) is 29.5 Å². The van der Waals surface area contributed by atoms with Gasteiger partial charge in [0.15, 0.2) is 0 Å². The van der Waals surface area contributed by atoms with Gasteiger partial charge in [-0.1, -0.05) is 32.6 Å². The molecule has 0 aromatic carbocycles. The molecule has 2 rings (SSSR count). The number of hydrogen-bond acceptors (Lipinski definition) is 2. The first-order chi connectivity index (χ1) is 7.72. The number of methoxy groups -OCH3 is 1. The number of aliphatic hydroxyl groups is 1. The molecule has 2 nitrogen and oxygen atoms in total. The summed E-state index contributed by atoms with van der Waals surface area (Å²) in [5, 5.41) is 11.0. The maximum atomic E-state index is 11.0. The minimum atomic E-state index is -0.518. The van der Waals surface area contributed by atoms with E-state index < -0.39 is 5.60 Å². The fourth-order valence-electron chi connectivity index (χ4n) is 3.70. The second kappa shape index (κ2) is 5.05. The number of hydrogen-bond donors (Lipinski definition) is 1. The van der Waals surface area contributed by atoms with Gasteiger partial charge in [0, 0.05) is 7.11 Å². The Morgan fingerprint density at radius 3 is 2.44 bits per heavy atom. The zero-order valence-corrected chi connectivity index (χ0v) is 10.7. The molecule has 2 aliphatic carbocycles. The summed E-state index contributed by atoms with van der Waals surface area (Å²) < 4.78 is 5.30. The second-order valence-corrected chi connectivity index (χ2v) is 5.76. The Bertz CT molecular complexity index is 225. The second-order valence-electron chi connectivity index (χ2n) is 5.76. The van der Waals surface area contributed by atoms with Gasteiger partial charge in [-0.05, 0) is 37.0 Å². The van der Waals surface area contributed by atoms with E-state index in [4.69, 9.17) is 4.74 Å². The van der Waals surface area contributed by atoms with Gasteiger partial charge in [0.25, 0.3) is 0 Å². The van der Waals surface area contributed by atoms with E-state index in [0.29, 0.717) is 18.4 Å². The maximum absolute atomic E-state index is 11.0. The van der Waals surface area contributed by atoms with Crippen LogP contribution in [0.5, 0.6) is 0 Å². The zero-order chi connectivity index (χ0) is 11.6. The number of rotatable bonds is 5. The van der Waals surface area contributed by atoms with Crippen molar-refractivity contribution in [3.63, 3.8) is 0 Å². The summed E-state index contributed by atoms with van der Waals surface area (Å²) in [5.74, 6) is 1.72. The van der Waals surface area contributed by atoms with Crippen molar-refractivity contribution in [2.75, 3.05) is 13.7 Å². The average molecular weight is 226 g/mol. The molecule has 0 aliphatic heterocycles. The van der Waals surface area contributed by atoms with E-state index in [0.717, 1.165) is 5.92 Å². The summed E-state index contributed by atoms with van der Waals surface area (Å²) >= 11 is 0. The van der Waals surface area contributed by atoms with E-state index in [1.807, 2.05) is 0 Å². The molecule has 0 aromatic heterocycles. The summed E-state index contributed by atoms with van der Waals surface area (Å²) in [6, 6.07) is 0. The Morgan fingerprint density at radius 2 is 1.88 bits per heavy atom. The van der Waals surface area contributed by atoms with Gasteiger partial charge in [-0.3, -0.25) is 0 Å². The van der Waals surface area contributed by atoms with Gasteiger partial charge in [-0.2, -0.15) is 0 Å². The summed E-state index contributed by atoms with van der Waals surface area (Å²) in [7, 11) is 1.72. The van der Waals surface area contributed by atoms with Crippen molar-refractivity contribution in [3.05, 3.63) is 0 Å². The molecule has 0 bridgehead atoms. The fraction of sp³-hybridized carbons (Fsp3) is 1.00. The molecule has 0 heterocycles. The monoisotopic (exact) mass is 226 g/mol. The van der Waals surface area contributed by atoms with Crippen LogP contribution in [0.2, 0.25) is 0 Å². The van der Waals surface area contributed by atoms with Crippen molar-refractivity contribution in [1.82, 2.24) is 0 Å². The molecule has 3 atom stereocenters. The van der Waals surface area contributed by atoms with Crippen LogP contribution in [0.4, 0.5) is 0 Å². The first-order valence-corrected chi connectivity index (χ1v) is 6.93. The van der Waals surface area contributed by atoms with Gasteiger partial charge in [-0.25, -0.2) is 0 Å². The summed E-state index contributed by atoms with van der Waals surface area (Å²) in [4.78, 5) is 0. The lowest BCUT2D eigenvalue weighted by Gasteiger charge is -2.43. The molecule has 2 heteroatoms. The molecule has 3 unspecified atom stereocenters. The third-order valence-electron chi connectivity index (χ3n) is 4.74. The van der Waals surface area contributed by atoms with Crippen molar-refractivity contribution in [2.24, 2.45) is 17.8 Å². The predicted molar refractivity (Wildman–Crippen MR) is 65.3 cm³/mol. The molecular weight excluding hydrogens is 200 g/mol. The largest absolute Gasteiger partial charge is 0.387 e. The molecule has 0 spiro atoms. The minimum absolute atomic E-state index is 0.485. The summed E-state index contributed by atoms with van der Waals surface area (Å²) in [5.41, 5.74) is -0.518. The van der Waals surface area contributed by atoms with Gasteiger partial charge in [0.2, 0.25) is 0 Å². The molecule has 2 aliphatic rings. The maximum Gasteiger partial charge on any atom is 0.0938 e. The lowest BCUT2D eigenvalue weighted by atomic mass is 9.67. The molecule has 0 aromatic rings. The van der Waals surface area contributed by atoms with E-state index in [1.54, 1.807) is 7.11 Å². The quantitative estimate of drug-likeness (QED) is 0.781. The Labute approximate surface area is 99.4 Å². The van der Waals surface area contributed by atoms with E-state index >= 15 is 0 Å². The minimum Gasteiger partial charge on any atom is -0.387 e. The van der Waals surface area contributed by atoms with Gasteiger partial charge in [-0.15, -0.1) is 0 Å². The molecule has 0 saturated heterocycles. The van der Waals surface area contributed by atoms with Crippen LogP contribution in [0.25, 0.3) is 0 Å². The van der Waals surface area contributed by atoms with Crippen LogP contribution in [0.1, 0.15) is 51.9 Å². The Hall–Kier alpha value is -0.0800. The molecule has 2 fully saturated rings. The van der Waals surface area contributed by atoms with Crippen LogP contribution >= 0.6 is 0 Å². The van der Waals surface area contributed by atoms with Crippen LogP contribution in [-0.2, 0) is 4.74 Å². The van der Waals surface area contributed by atoms with Crippen LogP contribution < -0.4 is 0 Å². The van der Waals surface area contributed by atoms with Crippen LogP contribution in [0.3, 0.4) is 0 Å². The molecule has 0 radical (unpaired) electrons. The normalized spacial score (nSPS) is 34.7. The molecule has 1 N–H and O–H groups in total. The summed E-state index contributed by atoms with van der Waals surface area (Å²) in [6.45, 7) is 2.81. The molecule has 94 valence electrons. The molecule has 16 heavy (non-hydrogen) atoms. The predicted octanol–water partition coefficient (Wildman–Crippen LogP) is 2.99. The van der Waals surface area contributed by atoms with Gasteiger partial charge in [0.05, 0.1) is 12.2 Å². The van der Waals surface area contributed by atoms with Crippen LogP contribution in [-0.4, -0.2) is 24.4 Å². The van der Waals surface area contributed by atoms with E-state index in [2.05, 4.69) is 6.92 Å². The third-order valence-corrected chi connectivity index (χ3v) is 4.74. The average Bonchev–Trinajstić information content (AvgIpc) is 3.13. The Kier molecular flexibility index (Phi) is 3.91. The van der Waals surface area contributed by atoms with E-state index in [1.165, 1.54) is 44.9 Å². The van der Waals surface area contributed by atoms with Gasteiger partial charge < -0.3 is 9.84 Å². The number of ether oxygens (including phenoxy) is 1. The van der Waals surface area contributed by atoms with E-state index in [-0.39, 0.29) is 0 Å². The lowest BCUT2D eigenvalue weighted by molar-refractivity contribution is -0.116. The third kappa shape index (κ3) is 2.28. The van der Waals surface area contributed by atoms with Crippen LogP contribution in [0.15, 0.2) is 0 Å².